The van der Waals surface area contributed by atoms with Gasteiger partial charge in [0.25, 0.3) is 5.56 Å². The van der Waals surface area contributed by atoms with Crippen LogP contribution < -0.4 is 15.6 Å². The maximum atomic E-state index is 12.9. The van der Waals surface area contributed by atoms with Crippen molar-refractivity contribution in [2.24, 2.45) is 0 Å². The molecule has 0 bridgehead atoms. The highest BCUT2D eigenvalue weighted by Crippen LogP contribution is 2.24. The van der Waals surface area contributed by atoms with Crippen molar-refractivity contribution in [3.05, 3.63) is 58.9 Å². The molecule has 9 heteroatoms. The van der Waals surface area contributed by atoms with Gasteiger partial charge in [0.15, 0.2) is 5.16 Å². The summed E-state index contributed by atoms with van der Waals surface area (Å²) in [5, 5.41) is 3.63. The Bertz CT molecular complexity index is 1150. The Hall–Kier alpha value is -3.33. The fourth-order valence-corrected chi connectivity index (χ4v) is 3.75. The molecular weight excluding hydrogens is 418 g/mol. The number of methoxy groups -OCH3 is 1. The minimum absolute atomic E-state index is 0.0257. The summed E-state index contributed by atoms with van der Waals surface area (Å²) >= 11 is 1.13. The Kier molecular flexibility index (Phi) is 7.66. The number of carbonyl (C=O) groups is 2. The third-order valence-corrected chi connectivity index (χ3v) is 5.36. The number of ether oxygens (including phenoxy) is 2. The third-order valence-electron chi connectivity index (χ3n) is 4.39. The predicted octanol–water partition coefficient (Wildman–Crippen LogP) is 3.09. The van der Waals surface area contributed by atoms with Gasteiger partial charge in [0.1, 0.15) is 5.75 Å². The summed E-state index contributed by atoms with van der Waals surface area (Å²) in [6.45, 7) is 2.46. The van der Waals surface area contributed by atoms with Crippen molar-refractivity contribution in [1.82, 2.24) is 9.55 Å². The quantitative estimate of drug-likeness (QED) is 0.309. The normalized spacial score (nSPS) is 10.6. The first-order valence-corrected chi connectivity index (χ1v) is 10.7. The summed E-state index contributed by atoms with van der Waals surface area (Å²) in [7, 11) is 1.30. The first kappa shape index (κ1) is 22.4. The van der Waals surface area contributed by atoms with Crippen molar-refractivity contribution in [3.63, 3.8) is 0 Å². The molecule has 0 spiro atoms. The van der Waals surface area contributed by atoms with Gasteiger partial charge in [0, 0.05) is 6.54 Å². The van der Waals surface area contributed by atoms with Crippen LogP contribution in [-0.2, 0) is 20.9 Å². The Labute approximate surface area is 183 Å². The van der Waals surface area contributed by atoms with Crippen LogP contribution >= 0.6 is 11.8 Å². The van der Waals surface area contributed by atoms with E-state index in [-0.39, 0.29) is 30.2 Å². The monoisotopic (exact) mass is 441 g/mol. The molecule has 1 aromatic heterocycles. The molecule has 1 amide bonds. The highest BCUT2D eigenvalue weighted by Gasteiger charge is 2.15. The molecule has 0 fully saturated rings. The first-order valence-electron chi connectivity index (χ1n) is 9.74. The van der Waals surface area contributed by atoms with Gasteiger partial charge in [0.05, 0.1) is 42.5 Å². The lowest BCUT2D eigenvalue weighted by Gasteiger charge is -2.13. The summed E-state index contributed by atoms with van der Waals surface area (Å²) in [4.78, 5) is 41.6. The minimum Gasteiger partial charge on any atom is -0.492 e. The number of fused-ring (bicyclic) bond motifs is 1. The molecule has 3 aromatic rings. The maximum Gasteiger partial charge on any atom is 0.307 e. The van der Waals surface area contributed by atoms with Gasteiger partial charge in [-0.2, -0.15) is 0 Å². The van der Waals surface area contributed by atoms with E-state index in [0.29, 0.717) is 34.1 Å². The summed E-state index contributed by atoms with van der Waals surface area (Å²) in [5.74, 6) is -0.0776. The molecule has 0 atom stereocenters. The fraction of sp³-hybridized carbons (Fsp3) is 0.273. The van der Waals surface area contributed by atoms with E-state index in [2.05, 4.69) is 15.0 Å². The lowest BCUT2D eigenvalue weighted by Crippen LogP contribution is -2.25. The van der Waals surface area contributed by atoms with Crippen molar-refractivity contribution in [2.75, 3.05) is 24.8 Å². The molecule has 0 unspecified atom stereocenters. The number of aromatic nitrogens is 2. The Morgan fingerprint density at radius 3 is 2.65 bits per heavy atom. The number of para-hydroxylation sites is 3. The molecular formula is C22H23N3O5S. The number of thioether (sulfide) groups is 1. The molecule has 0 radical (unpaired) electrons. The number of nitrogens with one attached hydrogen (secondary N) is 1. The average molecular weight is 442 g/mol. The van der Waals surface area contributed by atoms with Crippen molar-refractivity contribution >= 4 is 40.2 Å². The maximum absolute atomic E-state index is 12.9. The van der Waals surface area contributed by atoms with Gasteiger partial charge in [-0.05, 0) is 31.2 Å². The van der Waals surface area contributed by atoms with E-state index < -0.39 is 5.97 Å². The molecule has 0 saturated carbocycles. The number of hydrogen-bond acceptors (Lipinski definition) is 7. The summed E-state index contributed by atoms with van der Waals surface area (Å²) in [5.41, 5.74) is 0.843. The molecule has 0 saturated heterocycles. The molecule has 0 aliphatic rings. The van der Waals surface area contributed by atoms with Crippen molar-refractivity contribution < 1.29 is 19.1 Å². The van der Waals surface area contributed by atoms with Crippen molar-refractivity contribution in [3.8, 4) is 5.75 Å². The fourth-order valence-electron chi connectivity index (χ4n) is 2.93. The lowest BCUT2D eigenvalue weighted by atomic mass is 10.2. The Balaban J connectivity index is 1.80. The Morgan fingerprint density at radius 1 is 1.13 bits per heavy atom. The number of carbonyl (C=O) groups excluding carboxylic acids is 2. The number of nitrogens with zero attached hydrogens (tertiary/aromatic N) is 2. The van der Waals surface area contributed by atoms with Gasteiger partial charge in [-0.15, -0.1) is 0 Å². The zero-order valence-electron chi connectivity index (χ0n) is 17.3. The molecule has 0 aliphatic heterocycles. The van der Waals surface area contributed by atoms with E-state index >= 15 is 0 Å². The second kappa shape index (κ2) is 10.6. The average Bonchev–Trinajstić information content (AvgIpc) is 2.78. The van der Waals surface area contributed by atoms with Crippen LogP contribution in [0.5, 0.6) is 5.75 Å². The molecule has 1 N–H and O–H groups in total. The van der Waals surface area contributed by atoms with E-state index in [1.807, 2.05) is 13.0 Å². The zero-order chi connectivity index (χ0) is 22.2. The number of esters is 1. The molecule has 3 rings (SSSR count). The van der Waals surface area contributed by atoms with E-state index in [1.54, 1.807) is 42.5 Å². The van der Waals surface area contributed by atoms with E-state index in [4.69, 9.17) is 4.74 Å². The van der Waals surface area contributed by atoms with Crippen LogP contribution in [0.25, 0.3) is 10.9 Å². The standard InChI is InChI=1S/C22H23N3O5S/c1-3-30-18-11-7-6-10-17(18)23-19(26)14-31-22-24-16-9-5-4-8-15(16)21(28)25(22)13-12-20(27)29-2/h4-11H,3,12-14H2,1-2H3,(H,23,26). The summed E-state index contributed by atoms with van der Waals surface area (Å²) in [6.07, 6.45) is 0.0257. The van der Waals surface area contributed by atoms with E-state index in [0.717, 1.165) is 11.8 Å². The van der Waals surface area contributed by atoms with Gasteiger partial charge in [-0.1, -0.05) is 36.0 Å². The molecule has 2 aromatic carbocycles. The lowest BCUT2D eigenvalue weighted by molar-refractivity contribution is -0.140. The number of anilines is 1. The van der Waals surface area contributed by atoms with Crippen LogP contribution in [0.1, 0.15) is 13.3 Å². The molecule has 0 aliphatic carbocycles. The molecule has 1 heterocycles. The SMILES string of the molecule is CCOc1ccccc1NC(=O)CSc1nc2ccccc2c(=O)n1CCC(=O)OC. The number of benzene rings is 2. The summed E-state index contributed by atoms with van der Waals surface area (Å²) in [6, 6.07) is 14.1. The van der Waals surface area contributed by atoms with Gasteiger partial charge < -0.3 is 14.8 Å². The van der Waals surface area contributed by atoms with Crippen LogP contribution in [-0.4, -0.2) is 40.9 Å². The third kappa shape index (κ3) is 5.64. The zero-order valence-corrected chi connectivity index (χ0v) is 18.1. The van der Waals surface area contributed by atoms with Crippen LogP contribution in [0.15, 0.2) is 58.5 Å². The van der Waals surface area contributed by atoms with Gasteiger partial charge in [0.2, 0.25) is 5.91 Å². The first-order chi connectivity index (χ1) is 15.0. The second-order valence-electron chi connectivity index (χ2n) is 6.46. The second-order valence-corrected chi connectivity index (χ2v) is 7.40. The van der Waals surface area contributed by atoms with Crippen molar-refractivity contribution in [1.29, 1.82) is 0 Å². The van der Waals surface area contributed by atoms with Crippen LogP contribution in [0, 0.1) is 0 Å². The molecule has 8 nitrogen and oxygen atoms in total. The highest BCUT2D eigenvalue weighted by molar-refractivity contribution is 7.99. The predicted molar refractivity (Wildman–Crippen MR) is 120 cm³/mol. The minimum atomic E-state index is -0.429. The van der Waals surface area contributed by atoms with Gasteiger partial charge in [-0.25, -0.2) is 4.98 Å². The topological polar surface area (TPSA) is 99.5 Å². The number of rotatable bonds is 9. The van der Waals surface area contributed by atoms with Crippen LogP contribution in [0.4, 0.5) is 5.69 Å². The van der Waals surface area contributed by atoms with Crippen molar-refractivity contribution in [2.45, 2.75) is 25.0 Å². The van der Waals surface area contributed by atoms with Crippen LogP contribution in [0.2, 0.25) is 0 Å². The number of amides is 1. The molecule has 31 heavy (non-hydrogen) atoms. The smallest absolute Gasteiger partial charge is 0.307 e. The highest BCUT2D eigenvalue weighted by atomic mass is 32.2. The van der Waals surface area contributed by atoms with E-state index in [9.17, 15) is 14.4 Å². The summed E-state index contributed by atoms with van der Waals surface area (Å²) < 4.78 is 11.6. The Morgan fingerprint density at radius 2 is 1.87 bits per heavy atom. The van der Waals surface area contributed by atoms with Crippen LogP contribution in [0.3, 0.4) is 0 Å². The van der Waals surface area contributed by atoms with Gasteiger partial charge >= 0.3 is 5.97 Å². The number of hydrogen-bond donors (Lipinski definition) is 1. The largest absolute Gasteiger partial charge is 0.492 e. The van der Waals surface area contributed by atoms with Gasteiger partial charge in [-0.3, -0.25) is 19.0 Å². The van der Waals surface area contributed by atoms with E-state index in [1.165, 1.54) is 11.7 Å². The molecule has 162 valence electrons.